The van der Waals surface area contributed by atoms with Crippen LogP contribution in [0.4, 0.5) is 0 Å². The molecule has 0 amide bonds. The second-order valence-corrected chi connectivity index (χ2v) is 17.1. The monoisotopic (exact) mass is 798 g/mol. The molecule has 61 heavy (non-hydrogen) atoms. The van der Waals surface area contributed by atoms with Crippen molar-refractivity contribution in [2.24, 2.45) is 5.92 Å². The molecule has 0 saturated heterocycles. The Morgan fingerprint density at radius 1 is 0.492 bits per heavy atom. The number of pyridine rings is 1. The van der Waals surface area contributed by atoms with E-state index in [-0.39, 0.29) is 5.92 Å². The molecule has 0 spiro atoms. The van der Waals surface area contributed by atoms with Gasteiger partial charge in [0.2, 0.25) is 0 Å². The average molecular weight is 799 g/mol. The molecule has 0 saturated carbocycles. The summed E-state index contributed by atoms with van der Waals surface area (Å²) in [4.78, 5) is 16.2. The number of allylic oxidation sites excluding steroid dienone is 4. The lowest BCUT2D eigenvalue weighted by Gasteiger charge is -2.21. The quantitative estimate of drug-likeness (QED) is 0.168. The Labute approximate surface area is 357 Å². The van der Waals surface area contributed by atoms with Crippen LogP contribution < -0.4 is 0 Å². The summed E-state index contributed by atoms with van der Waals surface area (Å²) in [6.07, 6.45) is 8.81. The van der Waals surface area contributed by atoms with Crippen LogP contribution in [0.5, 0.6) is 0 Å². The fraction of sp³-hybridized carbons (Fsp3) is 0.0536. The Hall–Kier alpha value is -7.47. The molecule has 0 bridgehead atoms. The zero-order valence-electron chi connectivity index (χ0n) is 33.4. The van der Waals surface area contributed by atoms with Gasteiger partial charge in [-0.1, -0.05) is 159 Å². The molecule has 5 heteroatoms. The molecule has 12 rings (SSSR count). The van der Waals surface area contributed by atoms with Gasteiger partial charge < -0.3 is 4.57 Å². The summed E-state index contributed by atoms with van der Waals surface area (Å²) in [6, 6.07) is 63.0. The van der Waals surface area contributed by atoms with Gasteiger partial charge in [0.1, 0.15) is 0 Å². The number of aromatic nitrogens is 4. The van der Waals surface area contributed by atoms with Crippen LogP contribution in [0.3, 0.4) is 0 Å². The van der Waals surface area contributed by atoms with E-state index in [1.807, 2.05) is 11.3 Å². The van der Waals surface area contributed by atoms with Gasteiger partial charge in [-0.3, -0.25) is 0 Å². The van der Waals surface area contributed by atoms with E-state index in [0.29, 0.717) is 11.7 Å². The fourth-order valence-electron chi connectivity index (χ4n) is 9.30. The maximum absolute atomic E-state index is 5.48. The van der Waals surface area contributed by atoms with E-state index in [4.69, 9.17) is 15.0 Å². The van der Waals surface area contributed by atoms with Crippen molar-refractivity contribution in [3.05, 3.63) is 206 Å². The van der Waals surface area contributed by atoms with Crippen LogP contribution in [-0.2, 0) is 0 Å². The lowest BCUT2D eigenvalue weighted by Crippen LogP contribution is -2.11. The van der Waals surface area contributed by atoms with Crippen molar-refractivity contribution in [1.82, 2.24) is 19.5 Å². The Kier molecular flexibility index (Phi) is 8.36. The van der Waals surface area contributed by atoms with Crippen molar-refractivity contribution < 1.29 is 0 Å². The van der Waals surface area contributed by atoms with Gasteiger partial charge in [-0.05, 0) is 65.6 Å². The molecule has 4 heterocycles. The van der Waals surface area contributed by atoms with Crippen molar-refractivity contribution in [2.45, 2.75) is 12.8 Å². The largest absolute Gasteiger partial charge is 0.309 e. The standard InChI is InChI=1S/C56H38N4S/c1-35-15-5-6-22-42(35)49-34-47(38-18-14-21-41(32-38)60-50-26-10-7-23-43(50)44-24-8-11-27-51(44)60)58-56(59-49)40-20-13-19-39(31-40)54-55-53(46-25-9-12-28-52(46)61-55)45-30-29-37(33-48(45)57-54)36-16-3-2-4-17-36/h2-35,42H,1H3. The van der Waals surface area contributed by atoms with Gasteiger partial charge in [0, 0.05) is 59.9 Å². The molecular weight excluding hydrogens is 761 g/mol. The van der Waals surface area contributed by atoms with Gasteiger partial charge >= 0.3 is 0 Å². The minimum Gasteiger partial charge on any atom is -0.309 e. The summed E-state index contributed by atoms with van der Waals surface area (Å²) in [5.41, 5.74) is 12.7. The summed E-state index contributed by atoms with van der Waals surface area (Å²) in [5.74, 6) is 1.11. The minimum absolute atomic E-state index is 0.119. The van der Waals surface area contributed by atoms with Gasteiger partial charge in [0.25, 0.3) is 0 Å². The molecule has 7 aromatic carbocycles. The third-order valence-corrected chi connectivity index (χ3v) is 13.5. The molecule has 1 aliphatic rings. The molecule has 288 valence electrons. The van der Waals surface area contributed by atoms with Gasteiger partial charge in [0.05, 0.1) is 38.3 Å². The van der Waals surface area contributed by atoms with Crippen LogP contribution in [-0.4, -0.2) is 19.5 Å². The molecule has 11 aromatic rings. The van der Waals surface area contributed by atoms with E-state index < -0.39 is 0 Å². The molecule has 0 fully saturated rings. The SMILES string of the molecule is CC1C=CC=CC1c1cc(-c2cccc(-n3c4ccccc4c4ccccc43)c2)nc(-c2cccc(-c3nc4cc(-c5ccccc5)ccc4c4c3sc3ccccc34)c2)n1. The second-order valence-electron chi connectivity index (χ2n) is 16.0. The van der Waals surface area contributed by atoms with Crippen LogP contribution in [0.2, 0.25) is 0 Å². The third kappa shape index (κ3) is 6.00. The van der Waals surface area contributed by atoms with Gasteiger partial charge in [-0.2, -0.15) is 0 Å². The van der Waals surface area contributed by atoms with Crippen molar-refractivity contribution >= 4 is 64.2 Å². The highest BCUT2D eigenvalue weighted by atomic mass is 32.1. The number of hydrogen-bond acceptors (Lipinski definition) is 4. The maximum Gasteiger partial charge on any atom is 0.160 e. The second kappa shape index (κ2) is 14.4. The lowest BCUT2D eigenvalue weighted by molar-refractivity contribution is 0.619. The predicted molar refractivity (Wildman–Crippen MR) is 256 cm³/mol. The van der Waals surface area contributed by atoms with Crippen molar-refractivity contribution in [1.29, 1.82) is 0 Å². The molecule has 2 unspecified atom stereocenters. The fourth-order valence-corrected chi connectivity index (χ4v) is 10.5. The number of nitrogens with zero attached hydrogens (tertiary/aromatic N) is 4. The van der Waals surface area contributed by atoms with Crippen LogP contribution >= 0.6 is 11.3 Å². The van der Waals surface area contributed by atoms with E-state index in [2.05, 4.69) is 212 Å². The Morgan fingerprint density at radius 2 is 1.18 bits per heavy atom. The first-order valence-electron chi connectivity index (χ1n) is 20.9. The molecule has 4 nitrogen and oxygen atoms in total. The summed E-state index contributed by atoms with van der Waals surface area (Å²) in [7, 11) is 0. The third-order valence-electron chi connectivity index (χ3n) is 12.3. The number of para-hydroxylation sites is 2. The number of hydrogen-bond donors (Lipinski definition) is 0. The first kappa shape index (κ1) is 35.5. The topological polar surface area (TPSA) is 43.6 Å². The van der Waals surface area contributed by atoms with Gasteiger partial charge in [-0.15, -0.1) is 11.3 Å². The highest BCUT2D eigenvalue weighted by molar-refractivity contribution is 7.26. The zero-order valence-corrected chi connectivity index (χ0v) is 34.2. The Balaban J connectivity index is 1.03. The van der Waals surface area contributed by atoms with E-state index in [1.165, 1.54) is 52.9 Å². The van der Waals surface area contributed by atoms with Crippen LogP contribution in [0.25, 0.3) is 104 Å². The number of rotatable bonds is 6. The first-order chi connectivity index (χ1) is 30.1. The van der Waals surface area contributed by atoms with Crippen molar-refractivity contribution in [2.75, 3.05) is 0 Å². The highest BCUT2D eigenvalue weighted by Crippen LogP contribution is 2.44. The number of fused-ring (bicyclic) bond motifs is 8. The van der Waals surface area contributed by atoms with E-state index >= 15 is 0 Å². The van der Waals surface area contributed by atoms with Crippen LogP contribution in [0.15, 0.2) is 200 Å². The first-order valence-corrected chi connectivity index (χ1v) is 21.7. The summed E-state index contributed by atoms with van der Waals surface area (Å²) < 4.78 is 4.80. The highest BCUT2D eigenvalue weighted by Gasteiger charge is 2.22. The molecule has 4 aromatic heterocycles. The Bertz CT molecular complexity index is 3520. The van der Waals surface area contributed by atoms with Crippen molar-refractivity contribution in [3.8, 4) is 50.7 Å². The summed E-state index contributed by atoms with van der Waals surface area (Å²) in [5, 5.41) is 6.16. The van der Waals surface area contributed by atoms with Gasteiger partial charge in [0.15, 0.2) is 5.82 Å². The van der Waals surface area contributed by atoms with E-state index in [0.717, 1.165) is 50.5 Å². The van der Waals surface area contributed by atoms with E-state index in [9.17, 15) is 0 Å². The number of thiophene rings is 1. The smallest absolute Gasteiger partial charge is 0.160 e. The normalized spacial score (nSPS) is 15.2. The Morgan fingerprint density at radius 3 is 2.00 bits per heavy atom. The van der Waals surface area contributed by atoms with Crippen molar-refractivity contribution in [3.63, 3.8) is 0 Å². The predicted octanol–water partition coefficient (Wildman–Crippen LogP) is 15.0. The average Bonchev–Trinajstić information content (AvgIpc) is 3.88. The lowest BCUT2D eigenvalue weighted by atomic mass is 9.86. The van der Waals surface area contributed by atoms with Crippen LogP contribution in [0, 0.1) is 5.92 Å². The molecule has 0 radical (unpaired) electrons. The summed E-state index contributed by atoms with van der Waals surface area (Å²) >= 11 is 1.81. The zero-order chi connectivity index (χ0) is 40.4. The van der Waals surface area contributed by atoms with Crippen LogP contribution in [0.1, 0.15) is 18.5 Å². The minimum atomic E-state index is 0.119. The molecule has 1 aliphatic carbocycles. The molecule has 0 aliphatic heterocycles. The number of benzene rings is 7. The molecule has 0 N–H and O–H groups in total. The van der Waals surface area contributed by atoms with Gasteiger partial charge in [-0.25, -0.2) is 15.0 Å². The molecular formula is C56H38N4S. The molecule has 2 atom stereocenters. The summed E-state index contributed by atoms with van der Waals surface area (Å²) in [6.45, 7) is 2.26. The van der Waals surface area contributed by atoms with E-state index in [1.54, 1.807) is 0 Å². The maximum atomic E-state index is 5.48.